The van der Waals surface area contributed by atoms with Crippen LogP contribution in [0.3, 0.4) is 0 Å². The van der Waals surface area contributed by atoms with Crippen molar-refractivity contribution in [3.05, 3.63) is 36.5 Å². The van der Waals surface area contributed by atoms with Crippen LogP contribution in [-0.2, 0) is 4.79 Å². The Morgan fingerprint density at radius 3 is 2.00 bits per heavy atom. The van der Waals surface area contributed by atoms with Crippen LogP contribution in [0.2, 0.25) is 0 Å². The van der Waals surface area contributed by atoms with Crippen molar-refractivity contribution >= 4 is 5.78 Å². The molecule has 0 aliphatic heterocycles. The Morgan fingerprint density at radius 2 is 1.50 bits per heavy atom. The first kappa shape index (κ1) is 7.53. The number of fused-ring (bicyclic) bond motifs is 2. The molecule has 0 spiro atoms. The SMILES string of the molecule is O=C1[C@H]2C=CC=C[C@H]1CC=CC2. The van der Waals surface area contributed by atoms with Gasteiger partial charge < -0.3 is 0 Å². The Balaban J connectivity index is 2.33. The number of hydrogen-bond donors (Lipinski definition) is 0. The van der Waals surface area contributed by atoms with E-state index in [1.165, 1.54) is 0 Å². The predicted molar refractivity (Wildman–Crippen MR) is 48.6 cm³/mol. The van der Waals surface area contributed by atoms with Gasteiger partial charge in [0.2, 0.25) is 0 Å². The Hall–Kier alpha value is -1.11. The van der Waals surface area contributed by atoms with Gasteiger partial charge in [-0.2, -0.15) is 0 Å². The van der Waals surface area contributed by atoms with Crippen molar-refractivity contribution in [2.45, 2.75) is 12.8 Å². The first-order valence-corrected chi connectivity index (χ1v) is 4.41. The van der Waals surface area contributed by atoms with Crippen molar-refractivity contribution in [1.29, 1.82) is 0 Å². The summed E-state index contributed by atoms with van der Waals surface area (Å²) < 4.78 is 0. The highest BCUT2D eigenvalue weighted by Crippen LogP contribution is 2.24. The molecule has 0 N–H and O–H groups in total. The highest BCUT2D eigenvalue weighted by molar-refractivity contribution is 5.87. The third kappa shape index (κ3) is 1.27. The molecule has 2 aliphatic rings. The van der Waals surface area contributed by atoms with Crippen LogP contribution >= 0.6 is 0 Å². The number of hydrogen-bond acceptors (Lipinski definition) is 1. The van der Waals surface area contributed by atoms with Gasteiger partial charge in [0.05, 0.1) is 0 Å². The van der Waals surface area contributed by atoms with Crippen LogP contribution in [0.25, 0.3) is 0 Å². The molecule has 2 bridgehead atoms. The second-order valence-electron chi connectivity index (χ2n) is 3.33. The molecule has 1 heteroatoms. The van der Waals surface area contributed by atoms with Gasteiger partial charge in [0.25, 0.3) is 0 Å². The zero-order chi connectivity index (χ0) is 8.39. The second-order valence-corrected chi connectivity index (χ2v) is 3.33. The van der Waals surface area contributed by atoms with Gasteiger partial charge in [-0.15, -0.1) is 0 Å². The van der Waals surface area contributed by atoms with Crippen LogP contribution < -0.4 is 0 Å². The summed E-state index contributed by atoms with van der Waals surface area (Å²) in [7, 11) is 0. The molecule has 0 heterocycles. The summed E-state index contributed by atoms with van der Waals surface area (Å²) in [5, 5.41) is 0. The lowest BCUT2D eigenvalue weighted by Crippen LogP contribution is -2.17. The Kier molecular flexibility index (Phi) is 1.94. The van der Waals surface area contributed by atoms with E-state index in [4.69, 9.17) is 0 Å². The van der Waals surface area contributed by atoms with E-state index in [9.17, 15) is 4.79 Å². The largest absolute Gasteiger partial charge is 0.298 e. The summed E-state index contributed by atoms with van der Waals surface area (Å²) in [4.78, 5) is 11.7. The van der Waals surface area contributed by atoms with E-state index in [1.807, 2.05) is 24.3 Å². The quantitative estimate of drug-likeness (QED) is 0.497. The average molecular weight is 160 g/mol. The Bertz CT molecular complexity index is 245. The number of Topliss-reactive ketones (excluding diaryl/α,β-unsaturated/α-hetero) is 1. The number of carbonyl (C=O) groups excluding carboxylic acids is 1. The molecule has 0 aromatic heterocycles. The topological polar surface area (TPSA) is 17.1 Å². The van der Waals surface area contributed by atoms with Crippen molar-refractivity contribution in [3.63, 3.8) is 0 Å². The molecular weight excluding hydrogens is 148 g/mol. The third-order valence-corrected chi connectivity index (χ3v) is 2.48. The molecular formula is C11H12O. The van der Waals surface area contributed by atoms with Gasteiger partial charge in [-0.3, -0.25) is 4.79 Å². The second kappa shape index (κ2) is 3.10. The van der Waals surface area contributed by atoms with E-state index < -0.39 is 0 Å². The lowest BCUT2D eigenvalue weighted by Gasteiger charge is -2.10. The van der Waals surface area contributed by atoms with Gasteiger partial charge in [-0.1, -0.05) is 36.5 Å². The standard InChI is InChI=1S/C11H12O/c12-11-9-5-1-2-6-10(11)8-4-3-7-9/h1-6,9-10H,7-8H2/t9-,10-/m0/s1. The molecule has 12 heavy (non-hydrogen) atoms. The van der Waals surface area contributed by atoms with E-state index >= 15 is 0 Å². The van der Waals surface area contributed by atoms with Crippen LogP contribution in [0.15, 0.2) is 36.5 Å². The Labute approximate surface area is 72.5 Å². The predicted octanol–water partition coefficient (Wildman–Crippen LogP) is 2.26. The molecule has 0 aromatic carbocycles. The first-order valence-electron chi connectivity index (χ1n) is 4.41. The summed E-state index contributed by atoms with van der Waals surface area (Å²) >= 11 is 0. The minimum Gasteiger partial charge on any atom is -0.298 e. The van der Waals surface area contributed by atoms with Gasteiger partial charge >= 0.3 is 0 Å². The van der Waals surface area contributed by atoms with Gasteiger partial charge in [0.15, 0.2) is 0 Å². The van der Waals surface area contributed by atoms with E-state index in [-0.39, 0.29) is 11.8 Å². The van der Waals surface area contributed by atoms with Crippen LogP contribution in [0, 0.1) is 11.8 Å². The van der Waals surface area contributed by atoms with E-state index in [0.717, 1.165) is 12.8 Å². The molecule has 0 amide bonds. The van der Waals surface area contributed by atoms with Gasteiger partial charge in [0, 0.05) is 11.8 Å². The number of ketones is 1. The normalized spacial score (nSPS) is 33.2. The maximum atomic E-state index is 11.7. The maximum absolute atomic E-state index is 11.7. The first-order chi connectivity index (χ1) is 5.88. The molecule has 2 aliphatic carbocycles. The summed E-state index contributed by atoms with van der Waals surface area (Å²) in [6, 6.07) is 0. The molecule has 0 saturated heterocycles. The third-order valence-electron chi connectivity index (χ3n) is 2.48. The summed E-state index contributed by atoms with van der Waals surface area (Å²) in [6.07, 6.45) is 14.0. The highest BCUT2D eigenvalue weighted by Gasteiger charge is 2.24. The molecule has 0 radical (unpaired) electrons. The number of carbonyl (C=O) groups is 1. The summed E-state index contributed by atoms with van der Waals surface area (Å²) in [5.74, 6) is 0.637. The van der Waals surface area contributed by atoms with Crippen molar-refractivity contribution in [2.75, 3.05) is 0 Å². The minimum absolute atomic E-state index is 0.128. The lowest BCUT2D eigenvalue weighted by atomic mass is 9.92. The van der Waals surface area contributed by atoms with Gasteiger partial charge in [-0.05, 0) is 12.8 Å². The molecule has 0 unspecified atom stereocenters. The van der Waals surface area contributed by atoms with Gasteiger partial charge in [0.1, 0.15) is 5.78 Å². The zero-order valence-corrected chi connectivity index (χ0v) is 6.94. The minimum atomic E-state index is 0.128. The Morgan fingerprint density at radius 1 is 1.00 bits per heavy atom. The monoisotopic (exact) mass is 160 g/mol. The molecule has 2 rings (SSSR count). The van der Waals surface area contributed by atoms with Crippen LogP contribution in [-0.4, -0.2) is 5.78 Å². The van der Waals surface area contributed by atoms with Crippen molar-refractivity contribution in [1.82, 2.24) is 0 Å². The highest BCUT2D eigenvalue weighted by atomic mass is 16.1. The molecule has 62 valence electrons. The number of allylic oxidation sites excluding steroid dienone is 6. The molecule has 0 saturated carbocycles. The number of rotatable bonds is 0. The maximum Gasteiger partial charge on any atom is 0.147 e. The van der Waals surface area contributed by atoms with E-state index in [2.05, 4.69) is 12.2 Å². The van der Waals surface area contributed by atoms with Crippen molar-refractivity contribution in [3.8, 4) is 0 Å². The van der Waals surface area contributed by atoms with Crippen molar-refractivity contribution in [2.24, 2.45) is 11.8 Å². The zero-order valence-electron chi connectivity index (χ0n) is 6.94. The summed E-state index contributed by atoms with van der Waals surface area (Å²) in [6.45, 7) is 0. The van der Waals surface area contributed by atoms with Crippen LogP contribution in [0.5, 0.6) is 0 Å². The average Bonchev–Trinajstić information content (AvgIpc) is 2.37. The fourth-order valence-corrected chi connectivity index (χ4v) is 1.74. The smallest absolute Gasteiger partial charge is 0.147 e. The fraction of sp³-hybridized carbons (Fsp3) is 0.364. The fourth-order valence-electron chi connectivity index (χ4n) is 1.74. The van der Waals surface area contributed by atoms with E-state index in [1.54, 1.807) is 0 Å². The van der Waals surface area contributed by atoms with Crippen molar-refractivity contribution < 1.29 is 4.79 Å². The van der Waals surface area contributed by atoms with Crippen LogP contribution in [0.4, 0.5) is 0 Å². The molecule has 0 fully saturated rings. The van der Waals surface area contributed by atoms with Gasteiger partial charge in [-0.25, -0.2) is 0 Å². The van der Waals surface area contributed by atoms with Crippen LogP contribution in [0.1, 0.15) is 12.8 Å². The van der Waals surface area contributed by atoms with E-state index in [0.29, 0.717) is 5.78 Å². The molecule has 1 nitrogen and oxygen atoms in total. The summed E-state index contributed by atoms with van der Waals surface area (Å²) in [5.41, 5.74) is 0. The lowest BCUT2D eigenvalue weighted by molar-refractivity contribution is -0.123. The molecule has 2 atom stereocenters. The molecule has 0 aromatic rings.